The highest BCUT2D eigenvalue weighted by molar-refractivity contribution is 9.10. The summed E-state index contributed by atoms with van der Waals surface area (Å²) >= 11 is 3.36. The van der Waals surface area contributed by atoms with Gasteiger partial charge in [-0.1, -0.05) is 15.9 Å². The maximum Gasteiger partial charge on any atom is 0.199 e. The third kappa shape index (κ3) is 2.74. The molecule has 4 heteroatoms. The maximum atomic E-state index is 13.6. The van der Waals surface area contributed by atoms with E-state index in [1.165, 1.54) is 6.07 Å². The van der Waals surface area contributed by atoms with Crippen LogP contribution in [0.2, 0.25) is 0 Å². The van der Waals surface area contributed by atoms with Gasteiger partial charge in [-0.25, -0.2) is 4.39 Å². The fraction of sp³-hybridized carbons (Fsp3) is 0.500. The smallest absolute Gasteiger partial charge is 0.199 e. The lowest BCUT2D eigenvalue weighted by Crippen LogP contribution is -2.25. The Morgan fingerprint density at radius 1 is 1.44 bits per heavy atom. The van der Waals surface area contributed by atoms with E-state index in [2.05, 4.69) is 15.9 Å². The Kier molecular flexibility index (Phi) is 3.82. The molecule has 1 saturated heterocycles. The first kappa shape index (κ1) is 11.9. The Labute approximate surface area is 103 Å². The normalized spacial score (nSPS) is 20.8. The van der Waals surface area contributed by atoms with Crippen molar-refractivity contribution in [3.63, 3.8) is 0 Å². The van der Waals surface area contributed by atoms with E-state index in [1.807, 2.05) is 6.92 Å². The largest absolute Gasteiger partial charge is 0.462 e. The van der Waals surface area contributed by atoms with Crippen molar-refractivity contribution >= 4 is 15.9 Å². The average molecular weight is 289 g/mol. The van der Waals surface area contributed by atoms with E-state index in [1.54, 1.807) is 6.07 Å². The van der Waals surface area contributed by atoms with Gasteiger partial charge in [0.1, 0.15) is 0 Å². The molecule has 0 aromatic heterocycles. The molecule has 1 aliphatic heterocycles. The van der Waals surface area contributed by atoms with Crippen LogP contribution in [0.15, 0.2) is 16.6 Å². The van der Waals surface area contributed by atoms with Crippen LogP contribution in [0.5, 0.6) is 5.75 Å². The van der Waals surface area contributed by atoms with Crippen molar-refractivity contribution < 1.29 is 13.9 Å². The molecule has 2 rings (SSSR count). The van der Waals surface area contributed by atoms with Crippen LogP contribution in [0.4, 0.5) is 4.39 Å². The summed E-state index contributed by atoms with van der Waals surface area (Å²) in [5.41, 5.74) is 0.856. The van der Waals surface area contributed by atoms with Crippen molar-refractivity contribution in [2.24, 2.45) is 0 Å². The molecule has 0 radical (unpaired) electrons. The van der Waals surface area contributed by atoms with Crippen LogP contribution >= 0.6 is 15.9 Å². The molecular weight excluding hydrogens is 275 g/mol. The van der Waals surface area contributed by atoms with Gasteiger partial charge >= 0.3 is 0 Å². The molecule has 0 N–H and O–H groups in total. The van der Waals surface area contributed by atoms with Gasteiger partial charge in [0.05, 0.1) is 6.61 Å². The summed E-state index contributed by atoms with van der Waals surface area (Å²) in [5, 5.41) is 0. The van der Waals surface area contributed by atoms with Crippen LogP contribution < -0.4 is 4.74 Å². The molecule has 2 nitrogen and oxygen atoms in total. The highest BCUT2D eigenvalue weighted by atomic mass is 79.9. The van der Waals surface area contributed by atoms with Gasteiger partial charge in [-0.15, -0.1) is 0 Å². The molecule has 1 atom stereocenters. The number of hydrogen-bond donors (Lipinski definition) is 0. The van der Waals surface area contributed by atoms with Crippen molar-refractivity contribution in [3.05, 3.63) is 28.0 Å². The number of benzene rings is 1. The summed E-state index contributed by atoms with van der Waals surface area (Å²) in [6.45, 7) is 2.54. The third-order valence-corrected chi connectivity index (χ3v) is 3.46. The summed E-state index contributed by atoms with van der Waals surface area (Å²) < 4.78 is 25.3. The van der Waals surface area contributed by atoms with Crippen molar-refractivity contribution in [1.29, 1.82) is 0 Å². The summed E-state index contributed by atoms with van der Waals surface area (Å²) in [5.74, 6) is -0.0840. The fourth-order valence-electron chi connectivity index (χ4n) is 1.66. The van der Waals surface area contributed by atoms with Gasteiger partial charge in [-0.3, -0.25) is 0 Å². The van der Waals surface area contributed by atoms with Gasteiger partial charge in [-0.2, -0.15) is 0 Å². The Hall–Kier alpha value is -0.610. The zero-order valence-electron chi connectivity index (χ0n) is 9.13. The van der Waals surface area contributed by atoms with Gasteiger partial charge in [0.15, 0.2) is 17.9 Å². The average Bonchev–Trinajstić information content (AvgIpc) is 2.27. The van der Waals surface area contributed by atoms with Crippen LogP contribution in [-0.2, 0) is 4.74 Å². The van der Waals surface area contributed by atoms with E-state index in [-0.39, 0.29) is 17.9 Å². The van der Waals surface area contributed by atoms with Crippen LogP contribution in [0.3, 0.4) is 0 Å². The molecule has 0 saturated carbocycles. The molecule has 1 aliphatic rings. The predicted molar refractivity (Wildman–Crippen MR) is 63.1 cm³/mol. The van der Waals surface area contributed by atoms with Crippen molar-refractivity contribution in [1.82, 2.24) is 0 Å². The van der Waals surface area contributed by atoms with Gasteiger partial charge in [0.25, 0.3) is 0 Å². The van der Waals surface area contributed by atoms with E-state index in [0.29, 0.717) is 6.61 Å². The Balaban J connectivity index is 2.11. The van der Waals surface area contributed by atoms with Crippen LogP contribution in [0.25, 0.3) is 0 Å². The van der Waals surface area contributed by atoms with E-state index < -0.39 is 0 Å². The molecule has 0 bridgehead atoms. The number of aryl methyl sites for hydroxylation is 1. The molecule has 0 aliphatic carbocycles. The molecular formula is C12H14BrFO2. The van der Waals surface area contributed by atoms with E-state index in [9.17, 15) is 4.39 Å². The summed E-state index contributed by atoms with van der Waals surface area (Å²) in [6, 6.07) is 3.12. The standard InChI is InChI=1S/C12H14BrFO2/c1-8-6-10(14)11(7-9(8)13)16-12-4-2-3-5-15-12/h6-7,12H,2-5H2,1H3. The number of ether oxygens (including phenoxy) is 2. The molecule has 0 spiro atoms. The van der Waals surface area contributed by atoms with Crippen LogP contribution in [-0.4, -0.2) is 12.9 Å². The number of halogens is 2. The molecule has 1 aromatic rings. The minimum Gasteiger partial charge on any atom is -0.462 e. The second-order valence-corrected chi connectivity index (χ2v) is 4.80. The van der Waals surface area contributed by atoms with Gasteiger partial charge in [0, 0.05) is 10.9 Å². The van der Waals surface area contributed by atoms with Gasteiger partial charge < -0.3 is 9.47 Å². The molecule has 0 amide bonds. The maximum absolute atomic E-state index is 13.6. The van der Waals surface area contributed by atoms with Crippen molar-refractivity contribution in [3.8, 4) is 5.75 Å². The first-order valence-electron chi connectivity index (χ1n) is 5.41. The lowest BCUT2D eigenvalue weighted by Gasteiger charge is -2.23. The van der Waals surface area contributed by atoms with Gasteiger partial charge in [0.2, 0.25) is 0 Å². The van der Waals surface area contributed by atoms with Crippen molar-refractivity contribution in [2.75, 3.05) is 6.61 Å². The summed E-state index contributed by atoms with van der Waals surface area (Å²) in [4.78, 5) is 0. The molecule has 1 heterocycles. The fourth-order valence-corrected chi connectivity index (χ4v) is 1.99. The van der Waals surface area contributed by atoms with Gasteiger partial charge in [-0.05, 0) is 37.5 Å². The lowest BCUT2D eigenvalue weighted by atomic mass is 10.2. The lowest BCUT2D eigenvalue weighted by molar-refractivity contribution is -0.107. The molecule has 1 fully saturated rings. The highest BCUT2D eigenvalue weighted by Gasteiger charge is 2.17. The van der Waals surface area contributed by atoms with E-state index >= 15 is 0 Å². The summed E-state index contributed by atoms with van der Waals surface area (Å²) in [6.07, 6.45) is 2.64. The predicted octanol–water partition coefficient (Wildman–Crippen LogP) is 3.80. The minimum absolute atomic E-state index is 0.254. The van der Waals surface area contributed by atoms with Crippen molar-refractivity contribution in [2.45, 2.75) is 32.5 Å². The first-order valence-corrected chi connectivity index (χ1v) is 6.20. The quantitative estimate of drug-likeness (QED) is 0.824. The Morgan fingerprint density at radius 3 is 2.94 bits per heavy atom. The Bertz CT molecular complexity index is 376. The highest BCUT2D eigenvalue weighted by Crippen LogP contribution is 2.28. The second-order valence-electron chi connectivity index (χ2n) is 3.95. The molecule has 88 valence electrons. The van der Waals surface area contributed by atoms with Crippen LogP contribution in [0, 0.1) is 12.7 Å². The topological polar surface area (TPSA) is 18.5 Å². The van der Waals surface area contributed by atoms with Crippen LogP contribution in [0.1, 0.15) is 24.8 Å². The number of rotatable bonds is 2. The molecule has 16 heavy (non-hydrogen) atoms. The monoisotopic (exact) mass is 288 g/mol. The third-order valence-electron chi connectivity index (χ3n) is 2.61. The zero-order valence-corrected chi connectivity index (χ0v) is 10.7. The Morgan fingerprint density at radius 2 is 2.25 bits per heavy atom. The second kappa shape index (κ2) is 5.15. The van der Waals surface area contributed by atoms with E-state index in [0.717, 1.165) is 29.3 Å². The molecule has 1 aromatic carbocycles. The zero-order chi connectivity index (χ0) is 11.5. The molecule has 1 unspecified atom stereocenters. The van der Waals surface area contributed by atoms with E-state index in [4.69, 9.17) is 9.47 Å². The summed E-state index contributed by atoms with van der Waals surface area (Å²) in [7, 11) is 0. The first-order chi connectivity index (χ1) is 7.66. The number of hydrogen-bond acceptors (Lipinski definition) is 2. The SMILES string of the molecule is Cc1cc(F)c(OC2CCCCO2)cc1Br. The minimum atomic E-state index is -0.338.